The van der Waals surface area contributed by atoms with Gasteiger partial charge in [-0.05, 0) is 12.1 Å². The van der Waals surface area contributed by atoms with E-state index in [-0.39, 0.29) is 22.7 Å². The summed E-state index contributed by atoms with van der Waals surface area (Å²) >= 11 is 0. The topological polar surface area (TPSA) is 60.4 Å². The van der Waals surface area contributed by atoms with E-state index in [0.29, 0.717) is 0 Å². The second-order valence-electron chi connectivity index (χ2n) is 3.90. The number of nitro groups is 1. The highest BCUT2D eigenvalue weighted by atomic mass is 79.9. The Morgan fingerprint density at radius 3 is 2.74 bits per heavy atom. The van der Waals surface area contributed by atoms with Gasteiger partial charge in [-0.15, -0.1) is 17.0 Å². The lowest BCUT2D eigenvalue weighted by Crippen LogP contribution is -1.87. The first-order valence-corrected chi connectivity index (χ1v) is 5.42. The molecule has 3 aromatic rings. The van der Waals surface area contributed by atoms with Gasteiger partial charge in [-0.25, -0.2) is 4.98 Å². The molecule has 1 aromatic carbocycles. The van der Waals surface area contributed by atoms with Crippen LogP contribution in [0.3, 0.4) is 0 Å². The number of aromatic nitrogens is 2. The Morgan fingerprint density at radius 1 is 1.16 bits per heavy atom. The van der Waals surface area contributed by atoms with E-state index in [1.165, 1.54) is 12.1 Å². The Hall–Kier alpha value is -2.21. The maximum Gasteiger partial charge on any atom is 0.270 e. The van der Waals surface area contributed by atoms with Gasteiger partial charge in [-0.3, -0.25) is 10.1 Å². The molecule has 0 N–H and O–H groups in total. The first-order chi connectivity index (χ1) is 8.74. The highest BCUT2D eigenvalue weighted by molar-refractivity contribution is 8.93. The van der Waals surface area contributed by atoms with Crippen molar-refractivity contribution in [2.45, 2.75) is 0 Å². The van der Waals surface area contributed by atoms with Gasteiger partial charge in [0.05, 0.1) is 10.6 Å². The molecule has 0 aliphatic heterocycles. The van der Waals surface area contributed by atoms with E-state index in [1.807, 2.05) is 41.1 Å². The van der Waals surface area contributed by atoms with Gasteiger partial charge in [0.2, 0.25) is 0 Å². The van der Waals surface area contributed by atoms with Crippen LogP contribution < -0.4 is 0 Å². The van der Waals surface area contributed by atoms with Crippen molar-refractivity contribution in [3.63, 3.8) is 0 Å². The van der Waals surface area contributed by atoms with Gasteiger partial charge in [0.15, 0.2) is 0 Å². The fourth-order valence-electron chi connectivity index (χ4n) is 1.85. The normalized spacial score (nSPS) is 10.1. The monoisotopic (exact) mass is 319 g/mol. The molecule has 2 aromatic heterocycles. The highest BCUT2D eigenvalue weighted by Crippen LogP contribution is 2.23. The summed E-state index contributed by atoms with van der Waals surface area (Å²) in [5.74, 6) is 0. The summed E-state index contributed by atoms with van der Waals surface area (Å²) < 4.78 is 1.88. The fourth-order valence-corrected chi connectivity index (χ4v) is 1.85. The first-order valence-electron chi connectivity index (χ1n) is 5.42. The molecular weight excluding hydrogens is 310 g/mol. The molecule has 0 aliphatic rings. The third-order valence-corrected chi connectivity index (χ3v) is 2.72. The van der Waals surface area contributed by atoms with Crippen molar-refractivity contribution in [1.29, 1.82) is 0 Å². The number of nitro benzene ring substituents is 1. The van der Waals surface area contributed by atoms with Crippen LogP contribution >= 0.6 is 17.0 Å². The number of hydrogen-bond donors (Lipinski definition) is 0. The molecule has 0 saturated heterocycles. The predicted molar refractivity (Wildman–Crippen MR) is 77.6 cm³/mol. The number of hydrogen-bond acceptors (Lipinski definition) is 3. The quantitative estimate of drug-likeness (QED) is 0.536. The number of halogens is 1. The molecule has 0 unspecified atom stereocenters. The molecule has 0 amide bonds. The number of rotatable bonds is 2. The van der Waals surface area contributed by atoms with Crippen LogP contribution in [0.25, 0.3) is 16.9 Å². The number of nitrogens with zero attached hydrogens (tertiary/aromatic N) is 3. The number of benzene rings is 1. The van der Waals surface area contributed by atoms with E-state index in [0.717, 1.165) is 16.9 Å². The lowest BCUT2D eigenvalue weighted by molar-refractivity contribution is -0.384. The van der Waals surface area contributed by atoms with Gasteiger partial charge in [-0.2, -0.15) is 0 Å². The molecule has 0 aliphatic carbocycles. The molecule has 19 heavy (non-hydrogen) atoms. The number of imidazole rings is 1. The van der Waals surface area contributed by atoms with Crippen LogP contribution in [-0.4, -0.2) is 14.3 Å². The zero-order valence-electron chi connectivity index (χ0n) is 9.76. The van der Waals surface area contributed by atoms with Gasteiger partial charge in [-0.1, -0.05) is 18.2 Å². The van der Waals surface area contributed by atoms with E-state index in [1.54, 1.807) is 6.07 Å². The van der Waals surface area contributed by atoms with E-state index in [4.69, 9.17) is 0 Å². The van der Waals surface area contributed by atoms with Crippen molar-refractivity contribution in [2.75, 3.05) is 0 Å². The Kier molecular flexibility index (Phi) is 3.62. The van der Waals surface area contributed by atoms with Crippen molar-refractivity contribution in [3.8, 4) is 11.3 Å². The van der Waals surface area contributed by atoms with Gasteiger partial charge in [0, 0.05) is 30.1 Å². The lowest BCUT2D eigenvalue weighted by Gasteiger charge is -1.95. The zero-order chi connectivity index (χ0) is 12.5. The van der Waals surface area contributed by atoms with E-state index in [9.17, 15) is 10.1 Å². The number of fused-ring (bicyclic) bond motifs is 1. The maximum absolute atomic E-state index is 10.7. The molecule has 6 heteroatoms. The molecule has 2 heterocycles. The average molecular weight is 320 g/mol. The van der Waals surface area contributed by atoms with Crippen molar-refractivity contribution in [3.05, 3.63) is 65.0 Å². The zero-order valence-corrected chi connectivity index (χ0v) is 11.5. The fraction of sp³-hybridized carbons (Fsp3) is 0. The van der Waals surface area contributed by atoms with Gasteiger partial charge in [0.25, 0.3) is 5.69 Å². The molecule has 0 radical (unpaired) electrons. The lowest BCUT2D eigenvalue weighted by atomic mass is 10.1. The molecule has 0 atom stereocenters. The minimum absolute atomic E-state index is 0. The summed E-state index contributed by atoms with van der Waals surface area (Å²) in [6.07, 6.45) is 3.75. The van der Waals surface area contributed by atoms with Gasteiger partial charge in [0.1, 0.15) is 5.65 Å². The highest BCUT2D eigenvalue weighted by Gasteiger charge is 2.09. The third-order valence-electron chi connectivity index (χ3n) is 2.72. The molecule has 0 fully saturated rings. The van der Waals surface area contributed by atoms with Gasteiger partial charge < -0.3 is 4.40 Å². The van der Waals surface area contributed by atoms with Crippen LogP contribution in [0, 0.1) is 10.1 Å². The smallest absolute Gasteiger partial charge is 0.270 e. The molecule has 0 saturated carbocycles. The Morgan fingerprint density at radius 2 is 2.00 bits per heavy atom. The van der Waals surface area contributed by atoms with E-state index >= 15 is 0 Å². The summed E-state index contributed by atoms with van der Waals surface area (Å²) in [5, 5.41) is 10.7. The second kappa shape index (κ2) is 5.19. The van der Waals surface area contributed by atoms with Crippen LogP contribution in [0.15, 0.2) is 54.9 Å². The molecule has 5 nitrogen and oxygen atoms in total. The van der Waals surface area contributed by atoms with Crippen LogP contribution in [0.4, 0.5) is 5.69 Å². The SMILES string of the molecule is Br.O=[N+]([O-])c1cccc(-c2cn3ccccc3n2)c1. The van der Waals surface area contributed by atoms with Crippen molar-refractivity contribution in [1.82, 2.24) is 9.38 Å². The summed E-state index contributed by atoms with van der Waals surface area (Å²) in [7, 11) is 0. The largest absolute Gasteiger partial charge is 0.306 e. The summed E-state index contributed by atoms with van der Waals surface area (Å²) in [6, 6.07) is 12.2. The van der Waals surface area contributed by atoms with Crippen LogP contribution in [0.5, 0.6) is 0 Å². The standard InChI is InChI=1S/C13H9N3O2.BrH/c17-16(18)11-5-3-4-10(8-11)12-9-15-7-2-1-6-13(15)14-12;/h1-9H;1H. The third kappa shape index (κ3) is 2.48. The molecule has 0 spiro atoms. The molecule has 96 valence electrons. The first kappa shape index (κ1) is 13.2. The summed E-state index contributed by atoms with van der Waals surface area (Å²) in [5.41, 5.74) is 2.36. The van der Waals surface area contributed by atoms with Crippen molar-refractivity contribution < 1.29 is 4.92 Å². The number of non-ortho nitro benzene ring substituents is 1. The average Bonchev–Trinajstić information content (AvgIpc) is 2.82. The van der Waals surface area contributed by atoms with Crippen LogP contribution in [0.1, 0.15) is 0 Å². The van der Waals surface area contributed by atoms with Crippen LogP contribution in [0.2, 0.25) is 0 Å². The molecular formula is C13H10BrN3O2. The minimum atomic E-state index is -0.403. The van der Waals surface area contributed by atoms with E-state index in [2.05, 4.69) is 4.98 Å². The van der Waals surface area contributed by atoms with Crippen molar-refractivity contribution >= 4 is 28.3 Å². The predicted octanol–water partition coefficient (Wildman–Crippen LogP) is 3.49. The Balaban J connectivity index is 0.00000133. The molecule has 3 rings (SSSR count). The van der Waals surface area contributed by atoms with Gasteiger partial charge >= 0.3 is 0 Å². The maximum atomic E-state index is 10.7. The second-order valence-corrected chi connectivity index (χ2v) is 3.90. The van der Waals surface area contributed by atoms with Crippen molar-refractivity contribution in [2.24, 2.45) is 0 Å². The summed E-state index contributed by atoms with van der Waals surface area (Å²) in [6.45, 7) is 0. The summed E-state index contributed by atoms with van der Waals surface area (Å²) in [4.78, 5) is 14.8. The minimum Gasteiger partial charge on any atom is -0.306 e. The van der Waals surface area contributed by atoms with Crippen LogP contribution in [-0.2, 0) is 0 Å². The van der Waals surface area contributed by atoms with E-state index < -0.39 is 4.92 Å². The Bertz CT molecular complexity index is 706. The Labute approximate surface area is 119 Å². The molecule has 0 bridgehead atoms. The number of pyridine rings is 1.